The molecule has 4 heterocycles. The lowest BCUT2D eigenvalue weighted by Gasteiger charge is -2.10. The molecule has 4 rings (SSSR count). The Morgan fingerprint density at radius 1 is 1.21 bits per heavy atom. The highest BCUT2D eigenvalue weighted by Gasteiger charge is 2.16. The molecule has 0 aliphatic heterocycles. The van der Waals surface area contributed by atoms with Gasteiger partial charge in [0.1, 0.15) is 18.1 Å². The molecule has 0 amide bonds. The fourth-order valence-electron chi connectivity index (χ4n) is 3.15. The molecule has 0 N–H and O–H groups in total. The second-order valence-corrected chi connectivity index (χ2v) is 6.25. The number of hydrogen-bond donors (Lipinski definition) is 0. The van der Waals surface area contributed by atoms with Crippen molar-refractivity contribution in [2.24, 2.45) is 0 Å². The molecule has 0 aromatic carbocycles. The maximum Gasteiger partial charge on any atom is 0.182 e. The normalized spacial score (nSPS) is 11.0. The quantitative estimate of drug-likeness (QED) is 0.513. The van der Waals surface area contributed by atoms with Crippen LogP contribution in [0.1, 0.15) is 41.8 Å². The van der Waals surface area contributed by atoms with Crippen LogP contribution in [0.3, 0.4) is 0 Å². The Bertz CT molecular complexity index is 1170. The highest BCUT2D eigenvalue weighted by molar-refractivity contribution is 5.50. The van der Waals surface area contributed by atoms with Crippen molar-refractivity contribution < 1.29 is 4.39 Å². The highest BCUT2D eigenvalue weighted by Crippen LogP contribution is 2.20. The molecule has 0 spiro atoms. The van der Waals surface area contributed by atoms with Crippen LogP contribution >= 0.6 is 0 Å². The van der Waals surface area contributed by atoms with Gasteiger partial charge in [-0.25, -0.2) is 28.5 Å². The van der Waals surface area contributed by atoms with E-state index in [1.54, 1.807) is 35.4 Å². The zero-order valence-electron chi connectivity index (χ0n) is 15.2. The summed E-state index contributed by atoms with van der Waals surface area (Å²) >= 11 is 0. The minimum absolute atomic E-state index is 0.152. The Hall–Kier alpha value is -3.67. The number of halogens is 1. The van der Waals surface area contributed by atoms with E-state index in [0.717, 1.165) is 29.8 Å². The lowest BCUT2D eigenvalue weighted by atomic mass is 10.1. The lowest BCUT2D eigenvalue weighted by molar-refractivity contribution is 0.465. The van der Waals surface area contributed by atoms with Crippen molar-refractivity contribution in [1.29, 1.82) is 5.26 Å². The number of hydrogen-bond acceptors (Lipinski definition) is 6. The fraction of sp³-hybridized carbons (Fsp3) is 0.263. The second-order valence-electron chi connectivity index (χ2n) is 6.25. The first-order chi connectivity index (χ1) is 13.7. The van der Waals surface area contributed by atoms with Crippen LogP contribution in [0.2, 0.25) is 0 Å². The average molecular weight is 376 g/mol. The molecule has 0 fully saturated rings. The third-order valence-corrected chi connectivity index (χ3v) is 4.37. The van der Waals surface area contributed by atoms with Crippen molar-refractivity contribution in [2.45, 2.75) is 32.9 Å². The Morgan fingerprint density at radius 3 is 2.89 bits per heavy atom. The van der Waals surface area contributed by atoms with Crippen molar-refractivity contribution in [1.82, 2.24) is 34.3 Å². The van der Waals surface area contributed by atoms with Crippen molar-refractivity contribution in [3.8, 4) is 11.9 Å². The van der Waals surface area contributed by atoms with E-state index in [1.807, 2.05) is 12.1 Å². The van der Waals surface area contributed by atoms with Gasteiger partial charge < -0.3 is 0 Å². The smallest absolute Gasteiger partial charge is 0.182 e. The van der Waals surface area contributed by atoms with Crippen molar-refractivity contribution in [2.75, 3.05) is 0 Å². The lowest BCUT2D eigenvalue weighted by Crippen LogP contribution is -2.09. The van der Waals surface area contributed by atoms with Gasteiger partial charge in [-0.05, 0) is 24.6 Å². The summed E-state index contributed by atoms with van der Waals surface area (Å²) < 4.78 is 16.2. The maximum atomic E-state index is 13.0. The molecule has 28 heavy (non-hydrogen) atoms. The molecule has 0 saturated carbocycles. The first-order valence-corrected chi connectivity index (χ1v) is 8.92. The number of nitriles is 1. The van der Waals surface area contributed by atoms with E-state index in [-0.39, 0.29) is 5.82 Å². The fourth-order valence-corrected chi connectivity index (χ4v) is 3.15. The molecule has 4 aromatic heterocycles. The van der Waals surface area contributed by atoms with Gasteiger partial charge >= 0.3 is 0 Å². The van der Waals surface area contributed by atoms with Gasteiger partial charge in [0.25, 0.3) is 0 Å². The van der Waals surface area contributed by atoms with Crippen LogP contribution < -0.4 is 0 Å². The standard InChI is InChI=1S/C19H17FN8/c1-2-4-15-16(22-12-27-19(15)25-17(10-20)26-27)9-14-7-8-23-28(14)18-6-3-5-13(11-21)24-18/h3,5-8,12H,2,4,9-10H2,1H3. The van der Waals surface area contributed by atoms with Gasteiger partial charge in [0.2, 0.25) is 0 Å². The molecule has 0 bridgehead atoms. The number of fused-ring (bicyclic) bond motifs is 1. The minimum atomic E-state index is -0.712. The molecule has 0 saturated heterocycles. The second kappa shape index (κ2) is 7.52. The van der Waals surface area contributed by atoms with Crippen molar-refractivity contribution in [3.05, 3.63) is 65.3 Å². The van der Waals surface area contributed by atoms with E-state index in [9.17, 15) is 4.39 Å². The molecular formula is C19H17FN8. The summed E-state index contributed by atoms with van der Waals surface area (Å²) in [6.07, 6.45) is 5.41. The van der Waals surface area contributed by atoms with Crippen molar-refractivity contribution >= 4 is 5.65 Å². The van der Waals surface area contributed by atoms with E-state index in [1.165, 1.54) is 4.52 Å². The van der Waals surface area contributed by atoms with Gasteiger partial charge in [0.05, 0.1) is 11.4 Å². The first kappa shape index (κ1) is 17.7. The average Bonchev–Trinajstić information content (AvgIpc) is 3.36. The van der Waals surface area contributed by atoms with Gasteiger partial charge in [0.15, 0.2) is 24.0 Å². The summed E-state index contributed by atoms with van der Waals surface area (Å²) in [6.45, 7) is 1.36. The monoisotopic (exact) mass is 376 g/mol. The van der Waals surface area contributed by atoms with Gasteiger partial charge in [0, 0.05) is 18.2 Å². The van der Waals surface area contributed by atoms with E-state index >= 15 is 0 Å². The zero-order chi connectivity index (χ0) is 19.5. The summed E-state index contributed by atoms with van der Waals surface area (Å²) in [7, 11) is 0. The topological polar surface area (TPSA) is 97.6 Å². The number of alkyl halides is 1. The van der Waals surface area contributed by atoms with Crippen molar-refractivity contribution in [3.63, 3.8) is 0 Å². The maximum absolute atomic E-state index is 13.0. The molecule has 8 nitrogen and oxygen atoms in total. The molecule has 4 aromatic rings. The Morgan fingerprint density at radius 2 is 2.11 bits per heavy atom. The van der Waals surface area contributed by atoms with E-state index < -0.39 is 6.67 Å². The minimum Gasteiger partial charge on any atom is -0.242 e. The Labute approximate surface area is 160 Å². The molecule has 0 atom stereocenters. The van der Waals surface area contributed by atoms with Crippen LogP contribution in [0.4, 0.5) is 4.39 Å². The van der Waals surface area contributed by atoms with Crippen LogP contribution in [0, 0.1) is 11.3 Å². The highest BCUT2D eigenvalue weighted by atomic mass is 19.1. The van der Waals surface area contributed by atoms with Gasteiger partial charge in [-0.15, -0.1) is 5.10 Å². The number of nitrogens with zero attached hydrogens (tertiary/aromatic N) is 8. The van der Waals surface area contributed by atoms with E-state index in [0.29, 0.717) is 23.6 Å². The summed E-state index contributed by atoms with van der Waals surface area (Å²) in [5.41, 5.74) is 3.62. The molecule has 0 aliphatic carbocycles. The molecule has 0 aliphatic rings. The van der Waals surface area contributed by atoms with Crippen LogP contribution in [0.5, 0.6) is 0 Å². The molecule has 0 radical (unpaired) electrons. The first-order valence-electron chi connectivity index (χ1n) is 8.92. The number of aryl methyl sites for hydroxylation is 1. The van der Waals surface area contributed by atoms with Gasteiger partial charge in [-0.1, -0.05) is 19.4 Å². The van der Waals surface area contributed by atoms with Crippen LogP contribution in [-0.2, 0) is 19.5 Å². The van der Waals surface area contributed by atoms with Crippen LogP contribution in [-0.4, -0.2) is 34.3 Å². The third kappa shape index (κ3) is 3.20. The summed E-state index contributed by atoms with van der Waals surface area (Å²) in [4.78, 5) is 13.2. The Balaban J connectivity index is 1.76. The summed E-state index contributed by atoms with van der Waals surface area (Å²) in [6, 6.07) is 9.15. The molecule has 0 unspecified atom stereocenters. The summed E-state index contributed by atoms with van der Waals surface area (Å²) in [5.74, 6) is 0.721. The predicted octanol–water partition coefficient (Wildman–Crippen LogP) is 2.59. The van der Waals surface area contributed by atoms with Crippen LogP contribution in [0.25, 0.3) is 11.5 Å². The Kier molecular flexibility index (Phi) is 4.76. The van der Waals surface area contributed by atoms with Gasteiger partial charge in [-0.3, -0.25) is 0 Å². The number of pyridine rings is 1. The third-order valence-electron chi connectivity index (χ3n) is 4.37. The van der Waals surface area contributed by atoms with E-state index in [2.05, 4.69) is 32.1 Å². The zero-order valence-corrected chi connectivity index (χ0v) is 15.2. The van der Waals surface area contributed by atoms with Gasteiger partial charge in [-0.2, -0.15) is 10.4 Å². The number of aromatic nitrogens is 7. The predicted molar refractivity (Wildman–Crippen MR) is 98.5 cm³/mol. The largest absolute Gasteiger partial charge is 0.242 e. The summed E-state index contributed by atoms with van der Waals surface area (Å²) in [5, 5.41) is 17.5. The van der Waals surface area contributed by atoms with Crippen LogP contribution in [0.15, 0.2) is 36.8 Å². The molecule has 140 valence electrons. The number of rotatable bonds is 6. The molecular weight excluding hydrogens is 359 g/mol. The SMILES string of the molecule is CCCc1c(Cc2ccnn2-c2cccc(C#N)n2)ncn2nc(CF)nc12. The van der Waals surface area contributed by atoms with E-state index in [4.69, 9.17) is 5.26 Å². The molecule has 9 heteroatoms.